The highest BCUT2D eigenvalue weighted by Crippen LogP contribution is 2.52. The van der Waals surface area contributed by atoms with Crippen LogP contribution in [0.2, 0.25) is 0 Å². The molecule has 0 spiro atoms. The Bertz CT molecular complexity index is 1320. The van der Waals surface area contributed by atoms with E-state index < -0.39 is 58.6 Å². The zero-order chi connectivity index (χ0) is 26.8. The van der Waals surface area contributed by atoms with Gasteiger partial charge in [0.2, 0.25) is 5.91 Å². The molecule has 5 rings (SSSR count). The van der Waals surface area contributed by atoms with Gasteiger partial charge in [0.05, 0.1) is 18.6 Å². The van der Waals surface area contributed by atoms with E-state index in [1.807, 2.05) is 12.1 Å². The van der Waals surface area contributed by atoms with Gasteiger partial charge in [-0.15, -0.1) is 0 Å². The summed E-state index contributed by atoms with van der Waals surface area (Å²) >= 11 is 0. The molecule has 4 N–H and O–H groups in total. The van der Waals surface area contributed by atoms with E-state index in [2.05, 4.69) is 0 Å². The Morgan fingerprint density at radius 1 is 1.05 bits per heavy atom. The van der Waals surface area contributed by atoms with Gasteiger partial charge in [-0.2, -0.15) is 0 Å². The number of methoxy groups -OCH3 is 1. The second kappa shape index (κ2) is 8.78. The van der Waals surface area contributed by atoms with Crippen LogP contribution in [0.1, 0.15) is 28.8 Å². The lowest BCUT2D eigenvalue weighted by Gasteiger charge is -2.53. The summed E-state index contributed by atoms with van der Waals surface area (Å²) < 4.78 is 5.24. The quantitative estimate of drug-likeness (QED) is 0.527. The predicted octanol–water partition coefficient (Wildman–Crippen LogP) is 1.36. The maximum Gasteiger partial charge on any atom is 0.228 e. The van der Waals surface area contributed by atoms with Crippen molar-refractivity contribution in [2.75, 3.05) is 21.2 Å². The van der Waals surface area contributed by atoms with Gasteiger partial charge in [-0.3, -0.25) is 19.2 Å². The number of rotatable bonds is 4. The van der Waals surface area contributed by atoms with Crippen molar-refractivity contribution in [1.29, 1.82) is 0 Å². The third-order valence-electron chi connectivity index (χ3n) is 8.55. The summed E-state index contributed by atoms with van der Waals surface area (Å²) in [5, 5.41) is 22.3. The Morgan fingerprint density at radius 2 is 1.73 bits per heavy atom. The molecule has 0 radical (unpaired) electrons. The summed E-state index contributed by atoms with van der Waals surface area (Å²) in [5.41, 5.74) is 5.22. The molecule has 3 aliphatic carbocycles. The number of aliphatic hydroxyl groups is 1. The first kappa shape index (κ1) is 25.1. The minimum absolute atomic E-state index is 0.0313. The summed E-state index contributed by atoms with van der Waals surface area (Å²) in [6, 6.07) is 10.0. The minimum Gasteiger partial charge on any atom is -0.507 e. The molecule has 194 valence electrons. The van der Waals surface area contributed by atoms with Crippen LogP contribution < -0.4 is 10.5 Å². The van der Waals surface area contributed by atoms with Crippen molar-refractivity contribution in [3.05, 3.63) is 47.5 Å². The molecule has 0 aromatic heterocycles. The van der Waals surface area contributed by atoms with Crippen LogP contribution in [0, 0.1) is 23.7 Å². The second-order valence-corrected chi connectivity index (χ2v) is 10.6. The molecule has 2 aromatic carbocycles. The van der Waals surface area contributed by atoms with Crippen molar-refractivity contribution >= 4 is 23.3 Å². The minimum atomic E-state index is -2.50. The zero-order valence-electron chi connectivity index (χ0n) is 20.9. The van der Waals surface area contributed by atoms with Gasteiger partial charge in [-0.25, -0.2) is 0 Å². The van der Waals surface area contributed by atoms with Crippen LogP contribution in [0.4, 0.5) is 0 Å². The Balaban J connectivity index is 1.62. The van der Waals surface area contributed by atoms with Gasteiger partial charge in [0.25, 0.3) is 0 Å². The second-order valence-electron chi connectivity index (χ2n) is 10.6. The first-order valence-corrected chi connectivity index (χ1v) is 12.3. The van der Waals surface area contributed by atoms with Crippen LogP contribution in [-0.4, -0.2) is 71.2 Å². The van der Waals surface area contributed by atoms with Gasteiger partial charge < -0.3 is 25.6 Å². The van der Waals surface area contributed by atoms with Gasteiger partial charge in [0, 0.05) is 12.0 Å². The summed E-state index contributed by atoms with van der Waals surface area (Å²) in [4.78, 5) is 54.8. The largest absolute Gasteiger partial charge is 0.507 e. The highest BCUT2D eigenvalue weighted by atomic mass is 16.5. The van der Waals surface area contributed by atoms with E-state index in [1.165, 1.54) is 6.07 Å². The Morgan fingerprint density at radius 3 is 2.32 bits per heavy atom. The van der Waals surface area contributed by atoms with Gasteiger partial charge in [0.15, 0.2) is 23.0 Å². The number of Topliss-reactive ketones (excluding diaryl/α,β-unsaturated/α-hetero) is 3. The monoisotopic (exact) mass is 506 g/mol. The first-order chi connectivity index (χ1) is 17.5. The number of phenols is 1. The molecule has 0 heterocycles. The number of ether oxygens (including phenoxy) is 1. The normalized spacial score (nSPS) is 30.9. The molecule has 9 nitrogen and oxygen atoms in total. The number of carbonyl (C=O) groups excluding carboxylic acids is 4. The molecule has 2 aromatic rings. The van der Waals surface area contributed by atoms with Crippen molar-refractivity contribution in [3.8, 4) is 22.6 Å². The highest BCUT2D eigenvalue weighted by Gasteiger charge is 2.66. The number of aromatic hydroxyl groups is 1. The molecule has 0 aliphatic heterocycles. The number of hydrogen-bond acceptors (Lipinski definition) is 8. The molecule has 3 aliphatic rings. The summed E-state index contributed by atoms with van der Waals surface area (Å²) in [7, 11) is 5.09. The molecular weight excluding hydrogens is 476 g/mol. The Hall–Kier alpha value is -3.56. The van der Waals surface area contributed by atoms with Crippen molar-refractivity contribution < 1.29 is 34.1 Å². The summed E-state index contributed by atoms with van der Waals surface area (Å²) in [6.07, 6.45) is 0.643. The van der Waals surface area contributed by atoms with E-state index in [4.69, 9.17) is 10.5 Å². The summed E-state index contributed by atoms with van der Waals surface area (Å²) in [5.74, 6) is -6.83. The van der Waals surface area contributed by atoms with Crippen LogP contribution in [0.5, 0.6) is 11.5 Å². The molecular formula is C28H30N2O7. The topological polar surface area (TPSA) is 147 Å². The number of fused-ring (bicyclic) bond motifs is 3. The average molecular weight is 507 g/mol. The fourth-order valence-electron chi connectivity index (χ4n) is 6.72. The maximum absolute atomic E-state index is 13.9. The van der Waals surface area contributed by atoms with Crippen LogP contribution in [0.15, 0.2) is 36.4 Å². The summed E-state index contributed by atoms with van der Waals surface area (Å²) in [6.45, 7) is 0. The third kappa shape index (κ3) is 3.59. The van der Waals surface area contributed by atoms with E-state index >= 15 is 0 Å². The fourth-order valence-corrected chi connectivity index (χ4v) is 6.72. The maximum atomic E-state index is 13.9. The molecule has 2 saturated carbocycles. The van der Waals surface area contributed by atoms with Crippen LogP contribution in [-0.2, 0) is 20.8 Å². The van der Waals surface area contributed by atoms with Crippen LogP contribution in [0.3, 0.4) is 0 Å². The Kier molecular flexibility index (Phi) is 5.96. The van der Waals surface area contributed by atoms with E-state index in [9.17, 15) is 29.4 Å². The number of primary amides is 1. The van der Waals surface area contributed by atoms with Gasteiger partial charge >= 0.3 is 0 Å². The molecule has 6 atom stereocenters. The predicted molar refractivity (Wildman–Crippen MR) is 133 cm³/mol. The smallest absolute Gasteiger partial charge is 0.228 e. The van der Waals surface area contributed by atoms with E-state index in [0.717, 1.165) is 11.1 Å². The number of amides is 1. The lowest BCUT2D eigenvalue weighted by atomic mass is 9.52. The molecule has 2 fully saturated rings. The average Bonchev–Trinajstić information content (AvgIpc) is 2.86. The number of nitrogens with two attached hydrogens (primary N) is 1. The molecule has 9 heteroatoms. The van der Waals surface area contributed by atoms with E-state index in [1.54, 1.807) is 44.3 Å². The number of ketones is 3. The van der Waals surface area contributed by atoms with E-state index in [-0.39, 0.29) is 24.2 Å². The van der Waals surface area contributed by atoms with Crippen LogP contribution in [0.25, 0.3) is 11.1 Å². The lowest BCUT2D eigenvalue weighted by molar-refractivity contribution is -0.179. The van der Waals surface area contributed by atoms with Gasteiger partial charge in [-0.05, 0) is 74.2 Å². The van der Waals surface area contributed by atoms with Crippen molar-refractivity contribution in [2.45, 2.75) is 30.9 Å². The SMILES string of the molecule is COc1ccc(-c2ccc(O)c3c2C[C@@H]2C[C@@H]4[C@@H](N(C)C)CC(C(N)=O)C(=O)[C@]4(O)C(=O)C2C3=O)cc1. The Labute approximate surface area is 214 Å². The highest BCUT2D eigenvalue weighted by molar-refractivity contribution is 6.25. The number of nitrogens with zero attached hydrogens (tertiary/aromatic N) is 1. The third-order valence-corrected chi connectivity index (χ3v) is 8.55. The number of phenolic OH excluding ortho intramolecular Hbond substituents is 1. The number of carbonyl (C=O) groups is 4. The van der Waals surface area contributed by atoms with Crippen molar-refractivity contribution in [2.24, 2.45) is 29.4 Å². The standard InChI is InChI=1S/C28H30N2O7/c1-30(2)20-12-18(27(29)35)25(33)28(36)19(20)11-14-10-17-16(13-4-6-15(37-3)7-5-13)8-9-21(31)23(17)24(32)22(14)26(28)34/h4-9,14,18-20,22,31,36H,10-12H2,1-3H3,(H2,29,35)/t14-,18?,19-,20+,22?,28+/m1/s1. The lowest BCUT2D eigenvalue weighted by Crippen LogP contribution is -2.71. The zero-order valence-corrected chi connectivity index (χ0v) is 20.9. The van der Waals surface area contributed by atoms with Gasteiger partial charge in [0.1, 0.15) is 17.4 Å². The number of hydrogen-bond donors (Lipinski definition) is 3. The van der Waals surface area contributed by atoms with Crippen molar-refractivity contribution in [1.82, 2.24) is 4.90 Å². The van der Waals surface area contributed by atoms with Crippen molar-refractivity contribution in [3.63, 3.8) is 0 Å². The molecule has 0 bridgehead atoms. The molecule has 0 saturated heterocycles. The first-order valence-electron chi connectivity index (χ1n) is 12.3. The van der Waals surface area contributed by atoms with Gasteiger partial charge in [-0.1, -0.05) is 18.2 Å². The molecule has 37 heavy (non-hydrogen) atoms. The molecule has 2 unspecified atom stereocenters. The fraction of sp³-hybridized carbons (Fsp3) is 0.429. The number of benzene rings is 2. The van der Waals surface area contributed by atoms with E-state index in [0.29, 0.717) is 17.7 Å². The molecule has 1 amide bonds. The van der Waals surface area contributed by atoms with Crippen LogP contribution >= 0.6 is 0 Å².